The molecule has 4 aromatic rings. The Labute approximate surface area is 184 Å². The molecule has 160 valence electrons. The van der Waals surface area contributed by atoms with Gasteiger partial charge in [0.2, 0.25) is 5.76 Å². The molecule has 0 unspecified atom stereocenters. The van der Waals surface area contributed by atoms with Crippen LogP contribution in [-0.2, 0) is 4.74 Å². The van der Waals surface area contributed by atoms with E-state index in [1.807, 2.05) is 31.2 Å². The number of carbonyl (C=O) groups is 2. The van der Waals surface area contributed by atoms with Gasteiger partial charge in [-0.3, -0.25) is 4.79 Å². The molecule has 6 nitrogen and oxygen atoms in total. The lowest BCUT2D eigenvalue weighted by atomic mass is 9.97. The molecule has 0 fully saturated rings. The summed E-state index contributed by atoms with van der Waals surface area (Å²) >= 11 is 0. The third kappa shape index (κ3) is 4.03. The fraction of sp³-hybridized carbons (Fsp3) is 0.115. The fourth-order valence-electron chi connectivity index (χ4n) is 3.52. The third-order valence-corrected chi connectivity index (χ3v) is 5.06. The molecular weight excluding hydrogens is 406 g/mol. The first-order valence-electron chi connectivity index (χ1n) is 10.2. The highest BCUT2D eigenvalue weighted by Gasteiger charge is 2.23. The Bertz CT molecular complexity index is 1370. The van der Waals surface area contributed by atoms with Crippen molar-refractivity contribution in [3.63, 3.8) is 0 Å². The van der Waals surface area contributed by atoms with Crippen LogP contribution in [0.1, 0.15) is 33.4 Å². The van der Waals surface area contributed by atoms with Crippen LogP contribution in [0.3, 0.4) is 0 Å². The summed E-state index contributed by atoms with van der Waals surface area (Å²) in [5.74, 6) is -1.32. The van der Waals surface area contributed by atoms with Gasteiger partial charge in [0.25, 0.3) is 5.91 Å². The molecule has 0 spiro atoms. The van der Waals surface area contributed by atoms with Crippen LogP contribution in [0.5, 0.6) is 0 Å². The largest absolute Gasteiger partial charge is 0.462 e. The number of esters is 1. The number of hydrogen-bond acceptors (Lipinski definition) is 5. The molecule has 3 aromatic carbocycles. The zero-order valence-corrected chi connectivity index (χ0v) is 17.7. The number of anilines is 1. The van der Waals surface area contributed by atoms with Gasteiger partial charge in [0.05, 0.1) is 23.2 Å². The number of rotatable bonds is 5. The number of benzene rings is 3. The minimum Gasteiger partial charge on any atom is -0.462 e. The minimum absolute atomic E-state index is 0.129. The van der Waals surface area contributed by atoms with Gasteiger partial charge in [-0.1, -0.05) is 60.2 Å². The van der Waals surface area contributed by atoms with E-state index >= 15 is 0 Å². The summed E-state index contributed by atoms with van der Waals surface area (Å²) in [5, 5.41) is 3.70. The summed E-state index contributed by atoms with van der Waals surface area (Å²) in [6.45, 7) is 3.88. The lowest BCUT2D eigenvalue weighted by Crippen LogP contribution is -2.19. The second kappa shape index (κ2) is 8.89. The van der Waals surface area contributed by atoms with Crippen LogP contribution in [-0.4, -0.2) is 18.5 Å². The van der Waals surface area contributed by atoms with Crippen molar-refractivity contribution in [2.45, 2.75) is 13.8 Å². The molecule has 32 heavy (non-hydrogen) atoms. The van der Waals surface area contributed by atoms with Crippen molar-refractivity contribution >= 4 is 28.3 Å². The van der Waals surface area contributed by atoms with Crippen LogP contribution < -0.4 is 10.9 Å². The van der Waals surface area contributed by atoms with E-state index in [4.69, 9.17) is 9.15 Å². The highest BCUT2D eigenvalue weighted by Crippen LogP contribution is 2.31. The first kappa shape index (κ1) is 21.1. The maximum absolute atomic E-state index is 13.3. The Kier molecular flexibility index (Phi) is 5.85. The van der Waals surface area contributed by atoms with Crippen LogP contribution >= 0.6 is 0 Å². The summed E-state index contributed by atoms with van der Waals surface area (Å²) in [6, 6.07) is 21.1. The normalized spacial score (nSPS) is 10.7. The Morgan fingerprint density at radius 2 is 1.56 bits per heavy atom. The predicted molar refractivity (Wildman–Crippen MR) is 123 cm³/mol. The van der Waals surface area contributed by atoms with Crippen LogP contribution in [0, 0.1) is 6.92 Å². The third-order valence-electron chi connectivity index (χ3n) is 5.06. The average molecular weight is 427 g/mol. The van der Waals surface area contributed by atoms with Gasteiger partial charge in [0.15, 0.2) is 0 Å². The molecule has 4 rings (SSSR count). The van der Waals surface area contributed by atoms with E-state index in [-0.39, 0.29) is 23.6 Å². The number of amides is 1. The molecule has 0 aliphatic rings. The standard InChI is InChI=1S/C26H21NO5/c1-3-31-25(29)20-10-6-7-11-21(20)27-24(28)23-22(17-14-12-16(2)13-15-17)18-8-4-5-9-19(18)26(30)32-23/h4-15H,3H2,1-2H3,(H,27,28). The maximum Gasteiger partial charge on any atom is 0.344 e. The van der Waals surface area contributed by atoms with Crippen molar-refractivity contribution in [1.82, 2.24) is 0 Å². The number of nitrogens with one attached hydrogen (secondary N) is 1. The smallest absolute Gasteiger partial charge is 0.344 e. The first-order chi connectivity index (χ1) is 15.5. The number of fused-ring (bicyclic) bond motifs is 1. The molecule has 6 heteroatoms. The van der Waals surface area contributed by atoms with Crippen molar-refractivity contribution in [3.05, 3.63) is 100 Å². The summed E-state index contributed by atoms with van der Waals surface area (Å²) in [6.07, 6.45) is 0. The summed E-state index contributed by atoms with van der Waals surface area (Å²) in [4.78, 5) is 38.2. The van der Waals surface area contributed by atoms with Gasteiger partial charge in [-0.15, -0.1) is 0 Å². The van der Waals surface area contributed by atoms with Crippen LogP contribution in [0.2, 0.25) is 0 Å². The van der Waals surface area contributed by atoms with Crippen molar-refractivity contribution < 1.29 is 18.7 Å². The van der Waals surface area contributed by atoms with Gasteiger partial charge in [0.1, 0.15) is 0 Å². The van der Waals surface area contributed by atoms with Crippen LogP contribution in [0.4, 0.5) is 5.69 Å². The monoisotopic (exact) mass is 427 g/mol. The average Bonchev–Trinajstić information content (AvgIpc) is 2.80. The SMILES string of the molecule is CCOC(=O)c1ccccc1NC(=O)c1oc(=O)c2ccccc2c1-c1ccc(C)cc1. The number of hydrogen-bond donors (Lipinski definition) is 1. The van der Waals surface area contributed by atoms with E-state index in [1.165, 1.54) is 0 Å². The van der Waals surface area contributed by atoms with Crippen LogP contribution in [0.15, 0.2) is 82.0 Å². The number of aryl methyl sites for hydroxylation is 1. The molecule has 0 aliphatic heterocycles. The second-order valence-corrected chi connectivity index (χ2v) is 7.23. The zero-order chi connectivity index (χ0) is 22.7. The van der Waals surface area contributed by atoms with E-state index in [1.54, 1.807) is 55.5 Å². The van der Waals surface area contributed by atoms with E-state index < -0.39 is 17.5 Å². The molecule has 1 heterocycles. The molecule has 1 N–H and O–H groups in total. The molecule has 0 aliphatic carbocycles. The van der Waals surface area contributed by atoms with Gasteiger partial charge in [0, 0.05) is 10.9 Å². The van der Waals surface area contributed by atoms with Gasteiger partial charge in [-0.05, 0) is 37.6 Å². The van der Waals surface area contributed by atoms with Gasteiger partial charge in [-0.25, -0.2) is 9.59 Å². The number of para-hydroxylation sites is 1. The van der Waals surface area contributed by atoms with Crippen molar-refractivity contribution in [1.29, 1.82) is 0 Å². The highest BCUT2D eigenvalue weighted by atomic mass is 16.5. The summed E-state index contributed by atoms with van der Waals surface area (Å²) in [7, 11) is 0. The lowest BCUT2D eigenvalue weighted by Gasteiger charge is -2.14. The predicted octanol–water partition coefficient (Wildman–Crippen LogP) is 5.20. The Balaban J connectivity index is 1.86. The van der Waals surface area contributed by atoms with Crippen molar-refractivity contribution in [3.8, 4) is 11.1 Å². The maximum atomic E-state index is 13.3. The van der Waals surface area contributed by atoms with E-state index in [2.05, 4.69) is 5.32 Å². The zero-order valence-electron chi connectivity index (χ0n) is 17.7. The van der Waals surface area contributed by atoms with E-state index in [0.717, 1.165) is 11.1 Å². The molecule has 1 aromatic heterocycles. The summed E-state index contributed by atoms with van der Waals surface area (Å²) in [5.41, 5.74) is 2.17. The van der Waals surface area contributed by atoms with Gasteiger partial charge in [-0.2, -0.15) is 0 Å². The van der Waals surface area contributed by atoms with Gasteiger partial charge < -0.3 is 14.5 Å². The molecule has 0 atom stereocenters. The highest BCUT2D eigenvalue weighted by molar-refractivity contribution is 6.13. The lowest BCUT2D eigenvalue weighted by molar-refractivity contribution is 0.0527. The van der Waals surface area contributed by atoms with E-state index in [0.29, 0.717) is 16.3 Å². The summed E-state index contributed by atoms with van der Waals surface area (Å²) < 4.78 is 10.6. The Morgan fingerprint density at radius 1 is 0.906 bits per heavy atom. The molecule has 1 amide bonds. The quantitative estimate of drug-likeness (QED) is 0.443. The van der Waals surface area contributed by atoms with Crippen molar-refractivity contribution in [2.24, 2.45) is 0 Å². The molecule has 0 bridgehead atoms. The topological polar surface area (TPSA) is 85.6 Å². The fourth-order valence-corrected chi connectivity index (χ4v) is 3.52. The van der Waals surface area contributed by atoms with Crippen LogP contribution in [0.25, 0.3) is 21.9 Å². The second-order valence-electron chi connectivity index (χ2n) is 7.23. The molecular formula is C26H21NO5. The number of carbonyl (C=O) groups excluding carboxylic acids is 2. The minimum atomic E-state index is -0.639. The molecule has 0 saturated carbocycles. The van der Waals surface area contributed by atoms with Gasteiger partial charge >= 0.3 is 11.6 Å². The molecule has 0 saturated heterocycles. The van der Waals surface area contributed by atoms with E-state index in [9.17, 15) is 14.4 Å². The first-order valence-corrected chi connectivity index (χ1v) is 10.2. The Morgan fingerprint density at radius 3 is 2.28 bits per heavy atom. The van der Waals surface area contributed by atoms with Crippen molar-refractivity contribution in [2.75, 3.05) is 11.9 Å². The number of ether oxygens (including phenoxy) is 1. The molecule has 0 radical (unpaired) electrons. The Hall–Kier alpha value is -4.19.